The Kier molecular flexibility index (Phi) is 9.15. The predicted molar refractivity (Wildman–Crippen MR) is 139 cm³/mol. The summed E-state index contributed by atoms with van der Waals surface area (Å²) in [6.45, 7) is 17.7. The molecule has 0 aliphatic carbocycles. The molecule has 0 aromatic heterocycles. The van der Waals surface area contributed by atoms with E-state index >= 15 is 0 Å². The Bertz CT molecular complexity index is 1000. The highest BCUT2D eigenvalue weighted by molar-refractivity contribution is 6.57. The number of rotatable bonds is 8. The average Bonchev–Trinajstić information content (AvgIpc) is 2.71. The molecule has 3 nitrogen and oxygen atoms in total. The molecule has 0 amide bonds. The van der Waals surface area contributed by atoms with Crippen molar-refractivity contribution in [3.8, 4) is 0 Å². The summed E-state index contributed by atoms with van der Waals surface area (Å²) in [5, 5.41) is 0. The van der Waals surface area contributed by atoms with Crippen LogP contribution in [-0.2, 0) is 4.65 Å². The van der Waals surface area contributed by atoms with Gasteiger partial charge in [0.05, 0.1) is 17.1 Å². The average molecular weight is 473 g/mol. The Balaban J connectivity index is 2.82. The molecular weight excluding hydrogens is 436 g/mol. The fraction of sp³-hybridized carbons (Fsp3) is 0.481. The molecule has 7 heteroatoms. The molecule has 0 radical (unpaired) electrons. The van der Waals surface area contributed by atoms with Crippen molar-refractivity contribution in [2.75, 3.05) is 0 Å². The highest BCUT2D eigenvalue weighted by atomic mass is 19.4. The van der Waals surface area contributed by atoms with Crippen LogP contribution in [0.1, 0.15) is 108 Å². The van der Waals surface area contributed by atoms with Crippen molar-refractivity contribution in [2.24, 2.45) is 9.98 Å². The van der Waals surface area contributed by atoms with Crippen LogP contribution in [0.15, 0.2) is 46.4 Å². The van der Waals surface area contributed by atoms with Crippen LogP contribution in [-0.4, -0.2) is 18.8 Å². The maximum absolute atomic E-state index is 13.5. The lowest BCUT2D eigenvalue weighted by atomic mass is 9.92. The Hall–Kier alpha value is -2.57. The van der Waals surface area contributed by atoms with Gasteiger partial charge in [0.1, 0.15) is 0 Å². The van der Waals surface area contributed by atoms with Gasteiger partial charge in [0.15, 0.2) is 5.90 Å². The molecule has 0 spiro atoms. The highest BCUT2D eigenvalue weighted by Crippen LogP contribution is 2.37. The zero-order chi connectivity index (χ0) is 25.8. The van der Waals surface area contributed by atoms with Gasteiger partial charge in [0.25, 0.3) is 0 Å². The van der Waals surface area contributed by atoms with E-state index < -0.39 is 13.1 Å². The largest absolute Gasteiger partial charge is 0.701 e. The third kappa shape index (κ3) is 6.97. The van der Waals surface area contributed by atoms with Crippen LogP contribution in [0.3, 0.4) is 0 Å². The van der Waals surface area contributed by atoms with E-state index in [0.717, 1.165) is 22.3 Å². The normalized spacial score (nSPS) is 13.5. The van der Waals surface area contributed by atoms with Crippen LogP contribution >= 0.6 is 0 Å². The molecule has 0 aliphatic heterocycles. The van der Waals surface area contributed by atoms with Gasteiger partial charge >= 0.3 is 7.18 Å². The fourth-order valence-corrected chi connectivity index (χ4v) is 3.92. The number of nitrogens with zero attached hydrogens (tertiary/aromatic N) is 2. The van der Waals surface area contributed by atoms with Crippen LogP contribution in [0.2, 0.25) is 0 Å². The van der Waals surface area contributed by atoms with Gasteiger partial charge in [-0.15, -0.1) is 0 Å². The lowest BCUT2D eigenvalue weighted by Crippen LogP contribution is -2.29. The minimum absolute atomic E-state index is 0.0848. The molecule has 2 rings (SSSR count). The molecule has 0 heterocycles. The summed E-state index contributed by atoms with van der Waals surface area (Å²) in [5.41, 5.74) is 5.03. The first-order chi connectivity index (χ1) is 15.7. The quantitative estimate of drug-likeness (QED) is 0.214. The molecule has 0 saturated heterocycles. The first kappa shape index (κ1) is 27.7. The lowest BCUT2D eigenvalue weighted by molar-refractivity contribution is 0.292. The third-order valence-corrected chi connectivity index (χ3v) is 5.73. The summed E-state index contributed by atoms with van der Waals surface area (Å²) < 4.78 is 45.2. The summed E-state index contributed by atoms with van der Waals surface area (Å²) in [6.07, 6.45) is 0. The van der Waals surface area contributed by atoms with Gasteiger partial charge in [-0.2, -0.15) is 0 Å². The van der Waals surface area contributed by atoms with Crippen molar-refractivity contribution in [2.45, 2.75) is 86.0 Å². The Morgan fingerprint density at radius 3 is 1.26 bits per heavy atom. The van der Waals surface area contributed by atoms with E-state index in [1.807, 2.05) is 91.8 Å². The molecule has 0 saturated carbocycles. The molecule has 34 heavy (non-hydrogen) atoms. The number of halogens is 3. The van der Waals surface area contributed by atoms with Crippen LogP contribution < -0.4 is 0 Å². The summed E-state index contributed by atoms with van der Waals surface area (Å²) in [7, 11) is -5.58. The molecular formula is C27H37BF3N2O-. The fourth-order valence-electron chi connectivity index (χ4n) is 3.92. The van der Waals surface area contributed by atoms with Gasteiger partial charge in [-0.1, -0.05) is 91.8 Å². The summed E-state index contributed by atoms with van der Waals surface area (Å²) in [6, 6.07) is 11.6. The topological polar surface area (TPSA) is 34.0 Å². The summed E-state index contributed by atoms with van der Waals surface area (Å²) in [4.78, 5) is 9.19. The van der Waals surface area contributed by atoms with Gasteiger partial charge in [0, 0.05) is 0 Å². The SMILES string of the molecule is CC(=Nc1c(C(C)C)cccc1C(C)C)C(=Nc1c(C(C)C)cccc1C(C)C)O[B-](F)(F)F. The van der Waals surface area contributed by atoms with E-state index in [1.165, 1.54) is 6.92 Å². The number of hydrogen-bond acceptors (Lipinski definition) is 3. The minimum atomic E-state index is -5.58. The van der Waals surface area contributed by atoms with Crippen molar-refractivity contribution in [1.82, 2.24) is 0 Å². The molecule has 0 N–H and O–H groups in total. The van der Waals surface area contributed by atoms with Crippen molar-refractivity contribution in [1.29, 1.82) is 0 Å². The molecule has 0 atom stereocenters. The third-order valence-electron chi connectivity index (χ3n) is 5.73. The smallest absolute Gasteiger partial charge is 0.620 e. The zero-order valence-corrected chi connectivity index (χ0v) is 21.8. The van der Waals surface area contributed by atoms with E-state index in [-0.39, 0.29) is 29.4 Å². The molecule has 0 aliphatic rings. The zero-order valence-electron chi connectivity index (χ0n) is 21.8. The van der Waals surface area contributed by atoms with E-state index in [0.29, 0.717) is 11.4 Å². The number of hydrogen-bond donors (Lipinski definition) is 0. The number of aliphatic imine (C=N–C) groups is 2. The Morgan fingerprint density at radius 1 is 0.647 bits per heavy atom. The van der Waals surface area contributed by atoms with Gasteiger partial charge in [-0.25, -0.2) is 9.98 Å². The molecule has 186 valence electrons. The summed E-state index contributed by atoms with van der Waals surface area (Å²) in [5.74, 6) is -0.0147. The maximum Gasteiger partial charge on any atom is 0.701 e. The van der Waals surface area contributed by atoms with Crippen molar-refractivity contribution >= 4 is 30.2 Å². The minimum Gasteiger partial charge on any atom is -0.620 e. The molecule has 0 bridgehead atoms. The van der Waals surface area contributed by atoms with Crippen LogP contribution in [0.25, 0.3) is 0 Å². The highest BCUT2D eigenvalue weighted by Gasteiger charge is 2.31. The van der Waals surface area contributed by atoms with E-state index in [2.05, 4.69) is 9.65 Å². The predicted octanol–water partition coefficient (Wildman–Crippen LogP) is 9.36. The second kappa shape index (κ2) is 11.2. The monoisotopic (exact) mass is 473 g/mol. The second-order valence-electron chi connectivity index (χ2n) is 9.94. The lowest BCUT2D eigenvalue weighted by Gasteiger charge is -2.23. The first-order valence-electron chi connectivity index (χ1n) is 12.0. The van der Waals surface area contributed by atoms with Gasteiger partial charge in [-0.05, 0) is 52.8 Å². The standard InChI is InChI=1S/C27H37BF3N2O/c1-16(2)21-12-10-13-22(17(3)4)25(21)32-20(9)27(34-28(29,30)31)33-26-23(18(5)6)14-11-15-24(26)19(7)8/h10-19H,1-9H3/q-1. The number of benzene rings is 2. The van der Waals surface area contributed by atoms with Gasteiger partial charge < -0.3 is 17.6 Å². The molecule has 0 fully saturated rings. The van der Waals surface area contributed by atoms with E-state index in [4.69, 9.17) is 4.99 Å². The molecule has 0 unspecified atom stereocenters. The van der Waals surface area contributed by atoms with Crippen molar-refractivity contribution in [3.63, 3.8) is 0 Å². The summed E-state index contributed by atoms with van der Waals surface area (Å²) >= 11 is 0. The number of para-hydroxylation sites is 2. The van der Waals surface area contributed by atoms with Crippen molar-refractivity contribution in [3.05, 3.63) is 58.7 Å². The van der Waals surface area contributed by atoms with Gasteiger partial charge in [0.2, 0.25) is 0 Å². The molecule has 2 aromatic carbocycles. The van der Waals surface area contributed by atoms with Crippen molar-refractivity contribution < 1.29 is 17.6 Å². The van der Waals surface area contributed by atoms with Crippen LogP contribution in [0.5, 0.6) is 0 Å². The van der Waals surface area contributed by atoms with E-state index in [1.54, 1.807) is 0 Å². The Morgan fingerprint density at radius 2 is 0.971 bits per heavy atom. The Labute approximate surface area is 202 Å². The molecule has 2 aromatic rings. The van der Waals surface area contributed by atoms with E-state index in [9.17, 15) is 12.9 Å². The first-order valence-corrected chi connectivity index (χ1v) is 12.0. The van der Waals surface area contributed by atoms with Crippen LogP contribution in [0, 0.1) is 0 Å². The second-order valence-corrected chi connectivity index (χ2v) is 9.94. The van der Waals surface area contributed by atoms with Crippen LogP contribution in [0.4, 0.5) is 24.3 Å². The maximum atomic E-state index is 13.5. The van der Waals surface area contributed by atoms with Gasteiger partial charge in [-0.3, -0.25) is 0 Å².